The number of aliphatic hydroxyl groups is 2. The van der Waals surface area contributed by atoms with Gasteiger partial charge in [0.2, 0.25) is 0 Å². The highest BCUT2D eigenvalue weighted by Gasteiger charge is 2.31. The van der Waals surface area contributed by atoms with Gasteiger partial charge in [-0.05, 0) is 18.9 Å². The number of Topliss-reactive ketones (excluding diaryl/α,β-unsaturated/α-hetero) is 1. The minimum Gasteiger partial charge on any atom is -0.396 e. The summed E-state index contributed by atoms with van der Waals surface area (Å²) in [4.78, 5) is 11.8. The summed E-state index contributed by atoms with van der Waals surface area (Å²) in [5.41, 5.74) is -1.27. The molecule has 0 saturated carbocycles. The first-order valence-electron chi connectivity index (χ1n) is 5.90. The van der Waals surface area contributed by atoms with Gasteiger partial charge in [0.25, 0.3) is 0 Å². The van der Waals surface area contributed by atoms with Gasteiger partial charge < -0.3 is 10.2 Å². The molecule has 0 radical (unpaired) electrons. The van der Waals surface area contributed by atoms with Crippen LogP contribution in [0.25, 0.3) is 0 Å². The highest BCUT2D eigenvalue weighted by molar-refractivity contribution is 5.89. The van der Waals surface area contributed by atoms with Crippen LogP contribution in [0, 0.1) is 0 Å². The number of aliphatic hydroxyl groups excluding tert-OH is 1. The summed E-state index contributed by atoms with van der Waals surface area (Å²) in [6.07, 6.45) is 11.2. The van der Waals surface area contributed by atoms with Crippen molar-refractivity contribution < 1.29 is 15.0 Å². The van der Waals surface area contributed by atoms with Crippen molar-refractivity contribution >= 4 is 5.78 Å². The van der Waals surface area contributed by atoms with Crippen LogP contribution in [0.15, 0.2) is 24.3 Å². The first-order chi connectivity index (χ1) is 7.69. The lowest BCUT2D eigenvalue weighted by molar-refractivity contribution is -0.132. The molecule has 3 nitrogen and oxygen atoms in total. The van der Waals surface area contributed by atoms with Crippen molar-refractivity contribution in [1.29, 1.82) is 0 Å². The van der Waals surface area contributed by atoms with E-state index in [0.29, 0.717) is 12.8 Å². The van der Waals surface area contributed by atoms with Gasteiger partial charge in [-0.25, -0.2) is 0 Å². The average Bonchev–Trinajstić information content (AvgIpc) is 2.29. The fourth-order valence-electron chi connectivity index (χ4n) is 1.78. The monoisotopic (exact) mass is 224 g/mol. The second kappa shape index (κ2) is 6.61. The summed E-state index contributed by atoms with van der Waals surface area (Å²) in [6.45, 7) is 0.214. The van der Waals surface area contributed by atoms with Crippen LogP contribution >= 0.6 is 0 Å². The summed E-state index contributed by atoms with van der Waals surface area (Å²) in [5.74, 6) is -0.0999. The highest BCUT2D eigenvalue weighted by atomic mass is 16.3. The minimum absolute atomic E-state index is 0.0999. The molecule has 0 aliphatic heterocycles. The van der Waals surface area contributed by atoms with E-state index in [1.807, 2.05) is 12.2 Å². The Bertz CT molecular complexity index is 281. The maximum absolute atomic E-state index is 11.8. The van der Waals surface area contributed by atoms with Gasteiger partial charge in [-0.2, -0.15) is 0 Å². The van der Waals surface area contributed by atoms with Crippen molar-refractivity contribution in [1.82, 2.24) is 0 Å². The molecule has 0 aromatic rings. The van der Waals surface area contributed by atoms with Gasteiger partial charge in [-0.1, -0.05) is 31.1 Å². The fraction of sp³-hybridized carbons (Fsp3) is 0.615. The molecule has 0 fully saturated rings. The van der Waals surface area contributed by atoms with E-state index in [9.17, 15) is 9.90 Å². The maximum atomic E-state index is 11.8. The molecule has 16 heavy (non-hydrogen) atoms. The summed E-state index contributed by atoms with van der Waals surface area (Å²) >= 11 is 0. The first-order valence-corrected chi connectivity index (χ1v) is 5.90. The van der Waals surface area contributed by atoms with Crippen molar-refractivity contribution in [2.24, 2.45) is 0 Å². The van der Waals surface area contributed by atoms with E-state index in [1.54, 1.807) is 12.2 Å². The van der Waals surface area contributed by atoms with Crippen molar-refractivity contribution in [3.05, 3.63) is 24.3 Å². The summed E-state index contributed by atoms with van der Waals surface area (Å²) < 4.78 is 0. The molecule has 1 unspecified atom stereocenters. The van der Waals surface area contributed by atoms with Crippen molar-refractivity contribution in [2.75, 3.05) is 6.61 Å². The molecule has 1 atom stereocenters. The third-order valence-corrected chi connectivity index (χ3v) is 2.84. The van der Waals surface area contributed by atoms with Crippen LogP contribution in [-0.2, 0) is 4.79 Å². The zero-order valence-corrected chi connectivity index (χ0v) is 9.56. The van der Waals surface area contributed by atoms with Gasteiger partial charge in [0.1, 0.15) is 5.60 Å². The van der Waals surface area contributed by atoms with Crippen LogP contribution in [-0.4, -0.2) is 28.2 Å². The Kier molecular flexibility index (Phi) is 5.43. The molecule has 90 valence electrons. The van der Waals surface area contributed by atoms with Crippen LogP contribution in [0.3, 0.4) is 0 Å². The quantitative estimate of drug-likeness (QED) is 0.648. The number of carbonyl (C=O) groups is 1. The Labute approximate surface area is 96.5 Å². The minimum atomic E-state index is -1.27. The van der Waals surface area contributed by atoms with Crippen LogP contribution < -0.4 is 0 Å². The number of carbonyl (C=O) groups excluding carboxylic acids is 1. The molecule has 0 spiro atoms. The van der Waals surface area contributed by atoms with Crippen LogP contribution in [0.2, 0.25) is 0 Å². The van der Waals surface area contributed by atoms with Gasteiger partial charge in [0, 0.05) is 19.4 Å². The van der Waals surface area contributed by atoms with Crippen molar-refractivity contribution in [3.63, 3.8) is 0 Å². The molecule has 0 bridgehead atoms. The van der Waals surface area contributed by atoms with Gasteiger partial charge in [-0.15, -0.1) is 0 Å². The SMILES string of the molecule is O=C(CCCCCCO)C1(O)C=CC=CC1. The van der Waals surface area contributed by atoms with E-state index < -0.39 is 5.60 Å². The molecule has 0 amide bonds. The largest absolute Gasteiger partial charge is 0.396 e. The van der Waals surface area contributed by atoms with E-state index in [2.05, 4.69) is 0 Å². The number of unbranched alkanes of at least 4 members (excludes halogenated alkanes) is 3. The highest BCUT2D eigenvalue weighted by Crippen LogP contribution is 2.21. The van der Waals surface area contributed by atoms with E-state index >= 15 is 0 Å². The predicted octanol–water partition coefficient (Wildman–Crippen LogP) is 1.75. The molecular formula is C13H20O3. The predicted molar refractivity (Wildman–Crippen MR) is 63.0 cm³/mol. The average molecular weight is 224 g/mol. The van der Waals surface area contributed by atoms with Crippen LogP contribution in [0.1, 0.15) is 38.5 Å². The van der Waals surface area contributed by atoms with Crippen molar-refractivity contribution in [3.8, 4) is 0 Å². The van der Waals surface area contributed by atoms with Crippen LogP contribution in [0.4, 0.5) is 0 Å². The van der Waals surface area contributed by atoms with E-state index in [0.717, 1.165) is 25.7 Å². The number of ketones is 1. The third kappa shape index (κ3) is 3.91. The molecule has 0 aromatic heterocycles. The molecule has 0 aromatic carbocycles. The number of allylic oxidation sites excluding steroid dienone is 2. The summed E-state index contributed by atoms with van der Waals surface area (Å²) in [6, 6.07) is 0. The van der Waals surface area contributed by atoms with Gasteiger partial charge >= 0.3 is 0 Å². The van der Waals surface area contributed by atoms with E-state index in [-0.39, 0.29) is 12.4 Å². The molecule has 1 rings (SSSR count). The molecule has 1 aliphatic rings. The Morgan fingerprint density at radius 2 is 1.94 bits per heavy atom. The lowest BCUT2D eigenvalue weighted by Gasteiger charge is -2.23. The topological polar surface area (TPSA) is 57.5 Å². The summed E-state index contributed by atoms with van der Waals surface area (Å²) in [7, 11) is 0. The Hall–Kier alpha value is -0.930. The molecule has 0 heterocycles. The van der Waals surface area contributed by atoms with Gasteiger partial charge in [0.15, 0.2) is 5.78 Å². The number of hydrogen-bond acceptors (Lipinski definition) is 3. The Balaban J connectivity index is 2.24. The molecule has 0 saturated heterocycles. The Morgan fingerprint density at radius 1 is 1.19 bits per heavy atom. The standard InChI is InChI=1S/C13H20O3/c14-11-7-2-1-4-8-12(15)13(16)9-5-3-6-10-13/h3,5-6,9,14,16H,1-2,4,7-8,10-11H2. The summed E-state index contributed by atoms with van der Waals surface area (Å²) in [5, 5.41) is 18.6. The second-order valence-corrected chi connectivity index (χ2v) is 4.23. The maximum Gasteiger partial charge on any atom is 0.168 e. The van der Waals surface area contributed by atoms with E-state index in [4.69, 9.17) is 5.11 Å². The number of rotatable bonds is 7. The fourth-order valence-corrected chi connectivity index (χ4v) is 1.78. The third-order valence-electron chi connectivity index (χ3n) is 2.84. The smallest absolute Gasteiger partial charge is 0.168 e. The molecule has 1 aliphatic carbocycles. The van der Waals surface area contributed by atoms with Gasteiger partial charge in [0.05, 0.1) is 0 Å². The zero-order chi connectivity index (χ0) is 11.9. The first kappa shape index (κ1) is 13.1. The zero-order valence-electron chi connectivity index (χ0n) is 9.56. The molecule has 3 heteroatoms. The normalized spacial score (nSPS) is 23.6. The van der Waals surface area contributed by atoms with Gasteiger partial charge in [-0.3, -0.25) is 4.79 Å². The molecular weight excluding hydrogens is 204 g/mol. The second-order valence-electron chi connectivity index (χ2n) is 4.23. The van der Waals surface area contributed by atoms with E-state index in [1.165, 1.54) is 0 Å². The Morgan fingerprint density at radius 3 is 2.56 bits per heavy atom. The lowest BCUT2D eigenvalue weighted by Crippen LogP contribution is -2.36. The lowest BCUT2D eigenvalue weighted by atomic mass is 9.88. The molecule has 2 N–H and O–H groups in total. The van der Waals surface area contributed by atoms with Crippen LogP contribution in [0.5, 0.6) is 0 Å². The van der Waals surface area contributed by atoms with Crippen molar-refractivity contribution in [2.45, 2.75) is 44.1 Å². The number of hydrogen-bond donors (Lipinski definition) is 2.